The number of nitro benzene ring substituents is 1. The molecule has 6 heteroatoms. The van der Waals surface area contributed by atoms with Crippen LogP contribution >= 0.6 is 0 Å². The second-order valence-electron chi connectivity index (χ2n) is 8.41. The summed E-state index contributed by atoms with van der Waals surface area (Å²) in [5.41, 5.74) is -0.322. The van der Waals surface area contributed by atoms with Gasteiger partial charge in [-0.2, -0.15) is 0 Å². The number of nitrogens with zero attached hydrogens (tertiary/aromatic N) is 1. The summed E-state index contributed by atoms with van der Waals surface area (Å²) >= 11 is 0. The summed E-state index contributed by atoms with van der Waals surface area (Å²) in [5, 5.41) is 11.0. The third-order valence-electron chi connectivity index (χ3n) is 6.59. The molecule has 6 nitrogen and oxygen atoms in total. The van der Waals surface area contributed by atoms with Crippen molar-refractivity contribution in [2.45, 2.75) is 51.6 Å². The van der Waals surface area contributed by atoms with Crippen LogP contribution in [0.2, 0.25) is 0 Å². The first-order chi connectivity index (χ1) is 12.4. The minimum absolute atomic E-state index is 0.0738. The van der Waals surface area contributed by atoms with Crippen LogP contribution in [0, 0.1) is 33.3 Å². The van der Waals surface area contributed by atoms with E-state index in [2.05, 4.69) is 0 Å². The Morgan fingerprint density at radius 2 is 1.73 bits per heavy atom. The lowest BCUT2D eigenvalue weighted by Crippen LogP contribution is -2.53. The molecule has 0 spiro atoms. The molecule has 4 fully saturated rings. The van der Waals surface area contributed by atoms with Crippen molar-refractivity contribution in [2.24, 2.45) is 23.2 Å². The third-order valence-corrected chi connectivity index (χ3v) is 6.59. The average Bonchev–Trinajstić information content (AvgIpc) is 2.59. The molecule has 26 heavy (non-hydrogen) atoms. The maximum atomic E-state index is 13.3. The molecule has 0 radical (unpaired) electrons. The van der Waals surface area contributed by atoms with E-state index in [0.29, 0.717) is 23.5 Å². The first kappa shape index (κ1) is 17.3. The van der Waals surface area contributed by atoms with Gasteiger partial charge in [-0.15, -0.1) is 0 Å². The van der Waals surface area contributed by atoms with Crippen LogP contribution in [0.15, 0.2) is 18.2 Å². The van der Waals surface area contributed by atoms with Gasteiger partial charge in [0, 0.05) is 11.5 Å². The molecular weight excluding hydrogens is 334 g/mol. The summed E-state index contributed by atoms with van der Waals surface area (Å²) in [4.78, 5) is 23.9. The largest absolute Gasteiger partial charge is 0.493 e. The molecule has 4 bridgehead atoms. The smallest absolute Gasteiger partial charge is 0.273 e. The van der Waals surface area contributed by atoms with Gasteiger partial charge in [-0.05, 0) is 69.3 Å². The highest BCUT2D eigenvalue weighted by molar-refractivity contribution is 5.89. The van der Waals surface area contributed by atoms with Crippen LogP contribution in [0.3, 0.4) is 0 Å². The van der Waals surface area contributed by atoms with Crippen LogP contribution in [0.1, 0.15) is 45.4 Å². The van der Waals surface area contributed by atoms with E-state index in [1.807, 2.05) is 0 Å². The first-order valence-corrected chi connectivity index (χ1v) is 9.43. The number of methoxy groups -OCH3 is 1. The van der Waals surface area contributed by atoms with Crippen LogP contribution < -0.4 is 9.47 Å². The molecule has 0 amide bonds. The summed E-state index contributed by atoms with van der Waals surface area (Å²) in [5.74, 6) is 2.87. The number of ketones is 1. The van der Waals surface area contributed by atoms with E-state index in [0.717, 1.165) is 19.3 Å². The normalized spacial score (nSPS) is 32.9. The predicted octanol–water partition coefficient (Wildman–Crippen LogP) is 4.16. The molecule has 0 N–H and O–H groups in total. The fourth-order valence-corrected chi connectivity index (χ4v) is 5.96. The molecule has 140 valence electrons. The van der Waals surface area contributed by atoms with Crippen molar-refractivity contribution in [3.05, 3.63) is 28.3 Å². The molecule has 0 saturated heterocycles. The minimum Gasteiger partial charge on any atom is -0.493 e. The van der Waals surface area contributed by atoms with Crippen molar-refractivity contribution < 1.29 is 19.2 Å². The fraction of sp³-hybridized carbons (Fsp3) is 0.650. The van der Waals surface area contributed by atoms with Crippen molar-refractivity contribution in [2.75, 3.05) is 7.11 Å². The number of benzene rings is 1. The highest BCUT2D eigenvalue weighted by Crippen LogP contribution is 2.60. The highest BCUT2D eigenvalue weighted by Gasteiger charge is 2.55. The lowest BCUT2D eigenvalue weighted by atomic mass is 9.48. The number of rotatable bonds is 6. The molecule has 1 atom stereocenters. The Bertz CT molecular complexity index is 708. The third kappa shape index (κ3) is 2.85. The number of carbonyl (C=O) groups is 1. The van der Waals surface area contributed by atoms with Gasteiger partial charge >= 0.3 is 0 Å². The zero-order valence-electron chi connectivity index (χ0n) is 15.3. The Balaban J connectivity index is 1.55. The van der Waals surface area contributed by atoms with Crippen LogP contribution in [-0.4, -0.2) is 23.9 Å². The van der Waals surface area contributed by atoms with Gasteiger partial charge in [0.2, 0.25) is 0 Å². The van der Waals surface area contributed by atoms with Crippen LogP contribution in [0.5, 0.6) is 11.5 Å². The van der Waals surface area contributed by atoms with E-state index >= 15 is 0 Å². The van der Waals surface area contributed by atoms with Gasteiger partial charge < -0.3 is 9.47 Å². The molecule has 4 aliphatic carbocycles. The van der Waals surface area contributed by atoms with Gasteiger partial charge in [0.05, 0.1) is 18.1 Å². The van der Waals surface area contributed by atoms with Crippen molar-refractivity contribution in [1.29, 1.82) is 0 Å². The molecule has 0 aliphatic heterocycles. The topological polar surface area (TPSA) is 78.7 Å². The van der Waals surface area contributed by atoms with Crippen LogP contribution in [0.4, 0.5) is 5.69 Å². The van der Waals surface area contributed by atoms with Gasteiger partial charge in [-0.25, -0.2) is 0 Å². The molecule has 1 aromatic rings. The number of hydrogen-bond acceptors (Lipinski definition) is 5. The molecule has 1 aromatic carbocycles. The fourth-order valence-electron chi connectivity index (χ4n) is 5.96. The van der Waals surface area contributed by atoms with E-state index in [1.54, 1.807) is 6.92 Å². The Labute approximate surface area is 153 Å². The van der Waals surface area contributed by atoms with E-state index < -0.39 is 11.0 Å². The Kier molecular flexibility index (Phi) is 4.16. The van der Waals surface area contributed by atoms with Gasteiger partial charge in [-0.1, -0.05) is 0 Å². The number of hydrogen-bond donors (Lipinski definition) is 0. The molecule has 4 saturated carbocycles. The Hall–Kier alpha value is -2.11. The number of nitro groups is 1. The molecule has 0 aromatic heterocycles. The summed E-state index contributed by atoms with van der Waals surface area (Å²) in [6, 6.07) is 4.22. The SMILES string of the molecule is COc1ccc([N+](=O)[O-])cc1O[C@@H](C)C(=O)C12CC3CC(CC(C3)C1)C2. The van der Waals surface area contributed by atoms with Crippen molar-refractivity contribution in [3.8, 4) is 11.5 Å². The maximum Gasteiger partial charge on any atom is 0.273 e. The van der Waals surface area contributed by atoms with E-state index in [-0.39, 0.29) is 22.6 Å². The standard InChI is InChI=1S/C20H25NO5/c1-12(26-18-8-16(21(23)24)3-4-17(18)25-2)19(22)20-9-13-5-14(10-20)7-15(6-13)11-20/h3-4,8,12-15H,5-7,9-11H2,1-2H3/t12-,13?,14?,15?,20?/m0/s1. The quantitative estimate of drug-likeness (QED) is 0.563. The number of non-ortho nitro benzene ring substituents is 1. The maximum absolute atomic E-state index is 13.3. The lowest BCUT2D eigenvalue weighted by Gasteiger charge is -2.56. The molecule has 0 heterocycles. The Morgan fingerprint density at radius 1 is 1.15 bits per heavy atom. The number of carbonyl (C=O) groups excluding carboxylic acids is 1. The second kappa shape index (κ2) is 6.25. The minimum atomic E-state index is -0.637. The summed E-state index contributed by atoms with van der Waals surface area (Å²) in [6.07, 6.45) is 6.15. The zero-order valence-corrected chi connectivity index (χ0v) is 15.3. The summed E-state index contributed by atoms with van der Waals surface area (Å²) in [6.45, 7) is 1.76. The Morgan fingerprint density at radius 3 is 2.23 bits per heavy atom. The monoisotopic (exact) mass is 359 g/mol. The molecule has 0 unspecified atom stereocenters. The van der Waals surface area contributed by atoms with Crippen LogP contribution in [0.25, 0.3) is 0 Å². The highest BCUT2D eigenvalue weighted by atomic mass is 16.6. The number of Topliss-reactive ketones (excluding diaryl/α,β-unsaturated/α-hetero) is 1. The second-order valence-corrected chi connectivity index (χ2v) is 8.41. The van der Waals surface area contributed by atoms with Crippen molar-refractivity contribution in [3.63, 3.8) is 0 Å². The average molecular weight is 359 g/mol. The van der Waals surface area contributed by atoms with Crippen molar-refractivity contribution >= 4 is 11.5 Å². The van der Waals surface area contributed by atoms with Crippen molar-refractivity contribution in [1.82, 2.24) is 0 Å². The number of ether oxygens (including phenoxy) is 2. The van der Waals surface area contributed by atoms with Crippen LogP contribution in [-0.2, 0) is 4.79 Å². The van der Waals surface area contributed by atoms with E-state index in [4.69, 9.17) is 9.47 Å². The van der Waals surface area contributed by atoms with E-state index in [9.17, 15) is 14.9 Å². The van der Waals surface area contributed by atoms with Gasteiger partial charge in [0.1, 0.15) is 0 Å². The van der Waals surface area contributed by atoms with E-state index in [1.165, 1.54) is 44.6 Å². The molecular formula is C20H25NO5. The molecule has 4 aliphatic rings. The van der Waals surface area contributed by atoms with Gasteiger partial charge in [0.15, 0.2) is 23.4 Å². The van der Waals surface area contributed by atoms with Gasteiger partial charge in [0.25, 0.3) is 5.69 Å². The first-order valence-electron chi connectivity index (χ1n) is 9.43. The summed E-state index contributed by atoms with van der Waals surface area (Å²) < 4.78 is 11.2. The summed E-state index contributed by atoms with van der Waals surface area (Å²) in [7, 11) is 1.49. The molecule has 5 rings (SSSR count). The predicted molar refractivity (Wildman–Crippen MR) is 95.4 cm³/mol. The lowest BCUT2D eigenvalue weighted by molar-refractivity contribution is -0.385. The van der Waals surface area contributed by atoms with Gasteiger partial charge in [-0.3, -0.25) is 14.9 Å². The zero-order chi connectivity index (χ0) is 18.5.